The molecule has 2 heterocycles. The third-order valence-corrected chi connectivity index (χ3v) is 8.96. The summed E-state index contributed by atoms with van der Waals surface area (Å²) in [4.78, 5) is 18.8. The number of nitrogens with zero attached hydrogens (tertiary/aromatic N) is 2. The maximum atomic E-state index is 12.9. The van der Waals surface area contributed by atoms with Crippen LogP contribution in [0.1, 0.15) is 66.6 Å². The highest BCUT2D eigenvalue weighted by molar-refractivity contribution is 7.98. The number of hydrogen-bond donors (Lipinski definition) is 1. The highest BCUT2D eigenvalue weighted by Gasteiger charge is 2.39. The molecule has 5 heteroatoms. The lowest BCUT2D eigenvalue weighted by Crippen LogP contribution is -2.40. The topological polar surface area (TPSA) is 43.8 Å². The smallest absolute Gasteiger partial charge is 0.253 e. The van der Waals surface area contributed by atoms with Gasteiger partial charge in [-0.1, -0.05) is 42.0 Å². The van der Waals surface area contributed by atoms with Crippen molar-refractivity contribution in [2.75, 3.05) is 19.3 Å². The van der Waals surface area contributed by atoms with Crippen LogP contribution >= 0.6 is 11.8 Å². The molecule has 5 rings (SSSR count). The van der Waals surface area contributed by atoms with E-state index in [4.69, 9.17) is 0 Å². The maximum absolute atomic E-state index is 12.9. The minimum Gasteiger partial charge on any atom is -0.508 e. The van der Waals surface area contributed by atoms with Gasteiger partial charge in [-0.25, -0.2) is 0 Å². The number of amides is 1. The molecule has 0 radical (unpaired) electrons. The van der Waals surface area contributed by atoms with Crippen molar-refractivity contribution in [2.45, 2.75) is 63.1 Å². The predicted molar refractivity (Wildman–Crippen MR) is 158 cm³/mol. The monoisotopic (exact) mass is 526 g/mol. The van der Waals surface area contributed by atoms with Crippen LogP contribution in [0.2, 0.25) is 0 Å². The Balaban J connectivity index is 1.45. The van der Waals surface area contributed by atoms with Crippen LogP contribution in [0.5, 0.6) is 5.75 Å². The summed E-state index contributed by atoms with van der Waals surface area (Å²) in [5.74, 6) is 0.355. The average Bonchev–Trinajstić information content (AvgIpc) is 3.16. The SMILES string of the molecule is CCN(CC)C(=O)c1ccc(C(=C2CC3CCC(C2)N3Cc2ccc(SC)cc2)c2cccc(O)c2)cc1. The first-order valence-electron chi connectivity index (χ1n) is 13.8. The van der Waals surface area contributed by atoms with Crippen LogP contribution in [0.15, 0.2) is 83.3 Å². The zero-order chi connectivity index (χ0) is 26.6. The maximum Gasteiger partial charge on any atom is 0.253 e. The second kappa shape index (κ2) is 11.8. The highest BCUT2D eigenvalue weighted by atomic mass is 32.2. The number of aromatic hydroxyl groups is 1. The fourth-order valence-corrected chi connectivity index (χ4v) is 6.63. The average molecular weight is 527 g/mol. The Bertz CT molecular complexity index is 1280. The van der Waals surface area contributed by atoms with E-state index in [9.17, 15) is 9.90 Å². The van der Waals surface area contributed by atoms with Gasteiger partial charge in [0.05, 0.1) is 0 Å². The van der Waals surface area contributed by atoms with E-state index in [2.05, 4.69) is 53.6 Å². The first-order valence-corrected chi connectivity index (χ1v) is 15.0. The lowest BCUT2D eigenvalue weighted by atomic mass is 9.85. The van der Waals surface area contributed by atoms with E-state index in [0.29, 0.717) is 25.2 Å². The van der Waals surface area contributed by atoms with Crippen molar-refractivity contribution in [2.24, 2.45) is 0 Å². The predicted octanol–water partition coefficient (Wildman–Crippen LogP) is 7.23. The van der Waals surface area contributed by atoms with E-state index in [1.807, 2.05) is 43.0 Å². The van der Waals surface area contributed by atoms with Crippen LogP contribution in [0.4, 0.5) is 0 Å². The van der Waals surface area contributed by atoms with Gasteiger partial charge in [0, 0.05) is 42.2 Å². The van der Waals surface area contributed by atoms with Gasteiger partial charge in [-0.3, -0.25) is 9.69 Å². The van der Waals surface area contributed by atoms with Crippen molar-refractivity contribution in [3.05, 3.63) is 101 Å². The molecule has 0 saturated carbocycles. The molecule has 2 aliphatic rings. The van der Waals surface area contributed by atoms with Gasteiger partial charge in [0.1, 0.15) is 5.75 Å². The zero-order valence-electron chi connectivity index (χ0n) is 22.7. The number of carbonyl (C=O) groups excluding carboxylic acids is 1. The van der Waals surface area contributed by atoms with E-state index < -0.39 is 0 Å². The number of thioether (sulfide) groups is 1. The third kappa shape index (κ3) is 5.55. The van der Waals surface area contributed by atoms with Gasteiger partial charge in [0.2, 0.25) is 0 Å². The second-order valence-corrected chi connectivity index (χ2v) is 11.3. The van der Waals surface area contributed by atoms with Gasteiger partial charge in [-0.15, -0.1) is 11.8 Å². The standard InChI is InChI=1S/C33H38N2O2S/c1-4-34(5-2)33(37)25-13-11-24(12-14-25)32(26-7-6-8-30(36)21-26)27-19-28-15-16-29(20-27)35(28)22-23-9-17-31(38-3)18-10-23/h6-14,17-18,21,28-29,36H,4-5,15-16,19-20,22H2,1-3H3. The summed E-state index contributed by atoms with van der Waals surface area (Å²) in [6.45, 7) is 6.44. The first kappa shape index (κ1) is 26.6. The summed E-state index contributed by atoms with van der Waals surface area (Å²) in [5, 5.41) is 10.3. The van der Waals surface area contributed by atoms with Crippen LogP contribution < -0.4 is 0 Å². The molecule has 0 spiro atoms. The molecule has 2 saturated heterocycles. The molecular weight excluding hydrogens is 488 g/mol. The van der Waals surface area contributed by atoms with Crippen molar-refractivity contribution in [3.63, 3.8) is 0 Å². The number of phenols is 1. The number of phenolic OH excluding ortho intramolecular Hbond substituents is 1. The minimum absolute atomic E-state index is 0.0741. The number of fused-ring (bicyclic) bond motifs is 2. The molecule has 1 amide bonds. The number of rotatable bonds is 8. The number of hydrogen-bond acceptors (Lipinski definition) is 4. The van der Waals surface area contributed by atoms with Crippen molar-refractivity contribution >= 4 is 23.2 Å². The van der Waals surface area contributed by atoms with Gasteiger partial charge in [-0.05, 0) is 104 Å². The normalized spacial score (nSPS) is 19.0. The van der Waals surface area contributed by atoms with Crippen LogP contribution in [-0.2, 0) is 6.54 Å². The molecule has 0 aliphatic carbocycles. The van der Waals surface area contributed by atoms with Gasteiger partial charge < -0.3 is 10.0 Å². The molecule has 3 aromatic rings. The number of benzene rings is 3. The van der Waals surface area contributed by atoms with Crippen molar-refractivity contribution in [3.8, 4) is 5.75 Å². The van der Waals surface area contributed by atoms with Crippen LogP contribution in [0.3, 0.4) is 0 Å². The molecule has 2 bridgehead atoms. The number of piperidine rings is 1. The lowest BCUT2D eigenvalue weighted by Gasteiger charge is -2.37. The Morgan fingerprint density at radius 3 is 2.11 bits per heavy atom. The zero-order valence-corrected chi connectivity index (χ0v) is 23.5. The minimum atomic E-state index is 0.0741. The Labute approximate surface area is 231 Å². The van der Waals surface area contributed by atoms with Gasteiger partial charge in [-0.2, -0.15) is 0 Å². The number of carbonyl (C=O) groups is 1. The highest BCUT2D eigenvalue weighted by Crippen LogP contribution is 2.44. The second-order valence-electron chi connectivity index (χ2n) is 10.4. The van der Waals surface area contributed by atoms with Crippen molar-refractivity contribution in [1.29, 1.82) is 0 Å². The summed E-state index contributed by atoms with van der Waals surface area (Å²) in [5.41, 5.74) is 6.93. The summed E-state index contributed by atoms with van der Waals surface area (Å²) in [7, 11) is 0. The molecule has 2 unspecified atom stereocenters. The summed E-state index contributed by atoms with van der Waals surface area (Å²) in [6.07, 6.45) is 6.63. The van der Waals surface area contributed by atoms with Crippen molar-refractivity contribution in [1.82, 2.24) is 9.80 Å². The van der Waals surface area contributed by atoms with E-state index in [-0.39, 0.29) is 11.7 Å². The van der Waals surface area contributed by atoms with E-state index in [1.54, 1.807) is 17.8 Å². The quantitative estimate of drug-likeness (QED) is 0.315. The Hall–Kier alpha value is -3.02. The fraction of sp³-hybridized carbons (Fsp3) is 0.364. The summed E-state index contributed by atoms with van der Waals surface area (Å²) < 4.78 is 0. The molecule has 38 heavy (non-hydrogen) atoms. The van der Waals surface area contributed by atoms with Gasteiger partial charge in [0.15, 0.2) is 0 Å². The van der Waals surface area contributed by atoms with E-state index in [0.717, 1.165) is 36.1 Å². The molecule has 198 valence electrons. The molecule has 4 nitrogen and oxygen atoms in total. The molecule has 3 aromatic carbocycles. The molecule has 1 N–H and O–H groups in total. The molecule has 2 aliphatic heterocycles. The molecule has 0 aromatic heterocycles. The van der Waals surface area contributed by atoms with Crippen LogP contribution in [-0.4, -0.2) is 52.2 Å². The van der Waals surface area contributed by atoms with Gasteiger partial charge >= 0.3 is 0 Å². The Kier molecular flexibility index (Phi) is 8.25. The summed E-state index contributed by atoms with van der Waals surface area (Å²) >= 11 is 1.78. The first-order chi connectivity index (χ1) is 18.5. The Morgan fingerprint density at radius 1 is 0.895 bits per heavy atom. The van der Waals surface area contributed by atoms with Crippen LogP contribution in [0, 0.1) is 0 Å². The van der Waals surface area contributed by atoms with E-state index >= 15 is 0 Å². The van der Waals surface area contributed by atoms with Crippen LogP contribution in [0.25, 0.3) is 5.57 Å². The lowest BCUT2D eigenvalue weighted by molar-refractivity contribution is 0.0773. The van der Waals surface area contributed by atoms with E-state index in [1.165, 1.54) is 34.4 Å². The molecular formula is C33H38N2O2S. The third-order valence-electron chi connectivity index (χ3n) is 8.22. The molecule has 2 fully saturated rings. The largest absolute Gasteiger partial charge is 0.508 e. The van der Waals surface area contributed by atoms with Gasteiger partial charge in [0.25, 0.3) is 5.91 Å². The fourth-order valence-electron chi connectivity index (χ4n) is 6.22. The molecule has 2 atom stereocenters. The van der Waals surface area contributed by atoms with Crippen molar-refractivity contribution < 1.29 is 9.90 Å². The summed E-state index contributed by atoms with van der Waals surface area (Å²) in [6, 6.07) is 25.8. The Morgan fingerprint density at radius 2 is 1.53 bits per heavy atom.